The van der Waals surface area contributed by atoms with Gasteiger partial charge in [0.25, 0.3) is 5.91 Å². The lowest BCUT2D eigenvalue weighted by Gasteiger charge is -2.18. The van der Waals surface area contributed by atoms with Gasteiger partial charge in [0, 0.05) is 11.4 Å². The van der Waals surface area contributed by atoms with E-state index < -0.39 is 6.10 Å². The molecule has 0 unspecified atom stereocenters. The summed E-state index contributed by atoms with van der Waals surface area (Å²) >= 11 is 1.40. The summed E-state index contributed by atoms with van der Waals surface area (Å²) in [5.41, 5.74) is 2.90. The van der Waals surface area contributed by atoms with Crippen molar-refractivity contribution >= 4 is 17.2 Å². The van der Waals surface area contributed by atoms with Crippen molar-refractivity contribution in [1.82, 2.24) is 5.32 Å². The molecule has 0 fully saturated rings. The van der Waals surface area contributed by atoms with E-state index in [0.717, 1.165) is 33.1 Å². The Morgan fingerprint density at radius 1 is 1.07 bits per heavy atom. The number of fused-ring (bicyclic) bond motifs is 1. The van der Waals surface area contributed by atoms with Crippen LogP contribution in [0.25, 0.3) is 10.4 Å². The maximum absolute atomic E-state index is 12.5. The summed E-state index contributed by atoms with van der Waals surface area (Å²) in [6, 6.07) is 17.1. The molecule has 0 bridgehead atoms. The van der Waals surface area contributed by atoms with Crippen molar-refractivity contribution < 1.29 is 19.4 Å². The topological polar surface area (TPSA) is 67.8 Å². The fraction of sp³-hybridized carbons (Fsp3) is 0.227. The molecule has 0 saturated carbocycles. The summed E-state index contributed by atoms with van der Waals surface area (Å²) in [6.07, 6.45) is -0.734. The zero-order chi connectivity index (χ0) is 19.5. The molecule has 2 heterocycles. The van der Waals surface area contributed by atoms with Gasteiger partial charge >= 0.3 is 0 Å². The van der Waals surface area contributed by atoms with E-state index in [4.69, 9.17) is 9.47 Å². The van der Waals surface area contributed by atoms with Gasteiger partial charge in [-0.1, -0.05) is 29.8 Å². The molecular formula is C22H21NO4S. The van der Waals surface area contributed by atoms with Gasteiger partial charge in [0.2, 0.25) is 0 Å². The molecule has 1 aromatic heterocycles. The quantitative estimate of drug-likeness (QED) is 0.686. The number of aliphatic hydroxyl groups excluding tert-OH is 1. The Labute approximate surface area is 167 Å². The first-order valence-corrected chi connectivity index (χ1v) is 9.94. The molecule has 6 heteroatoms. The summed E-state index contributed by atoms with van der Waals surface area (Å²) in [5, 5.41) is 13.1. The molecule has 5 nitrogen and oxygen atoms in total. The number of thiophene rings is 1. The van der Waals surface area contributed by atoms with Crippen LogP contribution in [0.5, 0.6) is 11.5 Å². The van der Waals surface area contributed by atoms with Gasteiger partial charge in [-0.2, -0.15) is 0 Å². The van der Waals surface area contributed by atoms with Crippen molar-refractivity contribution in [2.45, 2.75) is 13.0 Å². The fourth-order valence-corrected chi connectivity index (χ4v) is 3.91. The highest BCUT2D eigenvalue weighted by Gasteiger charge is 2.16. The van der Waals surface area contributed by atoms with Gasteiger partial charge in [-0.05, 0) is 48.4 Å². The Morgan fingerprint density at radius 3 is 2.61 bits per heavy atom. The van der Waals surface area contributed by atoms with Crippen LogP contribution < -0.4 is 14.8 Å². The van der Waals surface area contributed by atoms with E-state index in [1.165, 1.54) is 11.3 Å². The van der Waals surface area contributed by atoms with Crippen molar-refractivity contribution in [3.05, 3.63) is 70.6 Å². The van der Waals surface area contributed by atoms with E-state index in [-0.39, 0.29) is 12.5 Å². The zero-order valence-electron chi connectivity index (χ0n) is 15.5. The lowest BCUT2D eigenvalue weighted by atomic mass is 10.1. The van der Waals surface area contributed by atoms with Crippen LogP contribution in [0.1, 0.15) is 26.9 Å². The Morgan fingerprint density at radius 2 is 1.82 bits per heavy atom. The van der Waals surface area contributed by atoms with Gasteiger partial charge in [-0.15, -0.1) is 11.3 Å². The number of carbonyl (C=O) groups is 1. The van der Waals surface area contributed by atoms with Crippen molar-refractivity contribution in [3.8, 4) is 21.9 Å². The molecule has 144 valence electrons. The number of aliphatic hydroxyl groups is 1. The van der Waals surface area contributed by atoms with Crippen LogP contribution in [-0.2, 0) is 0 Å². The third-order valence-corrected chi connectivity index (χ3v) is 5.71. The summed E-state index contributed by atoms with van der Waals surface area (Å²) in [5.74, 6) is 1.28. The van der Waals surface area contributed by atoms with Crippen LogP contribution >= 0.6 is 11.3 Å². The number of hydrogen-bond donors (Lipinski definition) is 2. The number of ether oxygens (including phenoxy) is 2. The summed E-state index contributed by atoms with van der Waals surface area (Å²) in [7, 11) is 0. The molecule has 0 radical (unpaired) electrons. The molecule has 1 aliphatic heterocycles. The van der Waals surface area contributed by atoms with Gasteiger partial charge in [0.05, 0.1) is 11.0 Å². The number of carbonyl (C=O) groups excluding carboxylic acids is 1. The highest BCUT2D eigenvalue weighted by atomic mass is 32.1. The van der Waals surface area contributed by atoms with Gasteiger partial charge in [-0.3, -0.25) is 4.79 Å². The fourth-order valence-electron chi connectivity index (χ4n) is 2.99. The van der Waals surface area contributed by atoms with Crippen LogP contribution in [0.15, 0.2) is 54.6 Å². The molecule has 28 heavy (non-hydrogen) atoms. The minimum atomic E-state index is -0.734. The monoisotopic (exact) mass is 395 g/mol. The van der Waals surface area contributed by atoms with Gasteiger partial charge < -0.3 is 19.9 Å². The van der Waals surface area contributed by atoms with Crippen LogP contribution in [-0.4, -0.2) is 30.8 Å². The number of hydrogen-bond acceptors (Lipinski definition) is 5. The van der Waals surface area contributed by atoms with Crippen molar-refractivity contribution in [1.29, 1.82) is 0 Å². The molecule has 0 saturated heterocycles. The Bertz CT molecular complexity index is 980. The predicted octanol–water partition coefficient (Wildman–Crippen LogP) is 3.96. The number of aryl methyl sites for hydroxylation is 1. The number of benzene rings is 2. The second-order valence-electron chi connectivity index (χ2n) is 6.66. The second kappa shape index (κ2) is 8.04. The molecular weight excluding hydrogens is 374 g/mol. The van der Waals surface area contributed by atoms with Crippen LogP contribution in [0.2, 0.25) is 0 Å². The molecule has 4 rings (SSSR count). The average Bonchev–Trinajstić information content (AvgIpc) is 3.22. The summed E-state index contributed by atoms with van der Waals surface area (Å²) in [4.78, 5) is 14.0. The van der Waals surface area contributed by atoms with Crippen LogP contribution in [0.4, 0.5) is 0 Å². The van der Waals surface area contributed by atoms with Crippen molar-refractivity contribution in [3.63, 3.8) is 0 Å². The molecule has 1 amide bonds. The van der Waals surface area contributed by atoms with Gasteiger partial charge in [-0.25, -0.2) is 0 Å². The minimum Gasteiger partial charge on any atom is -0.486 e. The number of amides is 1. The number of rotatable bonds is 5. The molecule has 2 N–H and O–H groups in total. The van der Waals surface area contributed by atoms with E-state index in [9.17, 15) is 9.90 Å². The molecule has 0 spiro atoms. The van der Waals surface area contributed by atoms with E-state index >= 15 is 0 Å². The first-order valence-electron chi connectivity index (χ1n) is 9.13. The Hall–Kier alpha value is -2.83. The van der Waals surface area contributed by atoms with Crippen LogP contribution in [0, 0.1) is 6.92 Å². The van der Waals surface area contributed by atoms with Crippen molar-refractivity contribution in [2.75, 3.05) is 19.8 Å². The molecule has 3 aromatic rings. The number of nitrogens with one attached hydrogen (secondary N) is 1. The van der Waals surface area contributed by atoms with Gasteiger partial charge in [0.15, 0.2) is 11.5 Å². The normalized spacial score (nSPS) is 13.8. The molecule has 1 aliphatic rings. The Balaban J connectivity index is 1.41. The smallest absolute Gasteiger partial charge is 0.261 e. The van der Waals surface area contributed by atoms with Crippen LogP contribution in [0.3, 0.4) is 0 Å². The highest BCUT2D eigenvalue weighted by molar-refractivity contribution is 7.17. The lowest BCUT2D eigenvalue weighted by molar-refractivity contribution is 0.0920. The van der Waals surface area contributed by atoms with E-state index in [1.54, 1.807) is 6.07 Å². The first-order chi connectivity index (χ1) is 13.6. The zero-order valence-corrected chi connectivity index (χ0v) is 16.3. The predicted molar refractivity (Wildman–Crippen MR) is 109 cm³/mol. The van der Waals surface area contributed by atoms with E-state index in [0.29, 0.717) is 18.1 Å². The maximum atomic E-state index is 12.5. The average molecular weight is 395 g/mol. The largest absolute Gasteiger partial charge is 0.486 e. The summed E-state index contributed by atoms with van der Waals surface area (Å²) in [6.45, 7) is 3.26. The van der Waals surface area contributed by atoms with Crippen molar-refractivity contribution in [2.24, 2.45) is 0 Å². The standard InChI is InChI=1S/C22H21NO4S/c1-14-2-4-15(5-3-14)17(24)13-23-22(25)21-9-8-20(28-21)16-6-7-18-19(12-16)27-11-10-26-18/h2-9,12,17,24H,10-11,13H2,1H3,(H,23,25)/t17-/m1/s1. The SMILES string of the molecule is Cc1ccc([C@H](O)CNC(=O)c2ccc(-c3ccc4c(c3)OCCO4)s2)cc1. The molecule has 0 aliphatic carbocycles. The maximum Gasteiger partial charge on any atom is 0.261 e. The van der Waals surface area contributed by atoms with E-state index in [1.807, 2.05) is 55.5 Å². The third-order valence-electron chi connectivity index (χ3n) is 4.57. The first kappa shape index (κ1) is 18.5. The third kappa shape index (κ3) is 4.03. The minimum absolute atomic E-state index is 0.166. The summed E-state index contributed by atoms with van der Waals surface area (Å²) < 4.78 is 11.2. The van der Waals surface area contributed by atoms with E-state index in [2.05, 4.69) is 5.32 Å². The second-order valence-corrected chi connectivity index (χ2v) is 7.74. The molecule has 2 aromatic carbocycles. The lowest BCUT2D eigenvalue weighted by Crippen LogP contribution is -2.27. The highest BCUT2D eigenvalue weighted by Crippen LogP contribution is 2.36. The van der Waals surface area contributed by atoms with Gasteiger partial charge in [0.1, 0.15) is 13.2 Å². The Kier molecular flexibility index (Phi) is 5.32. The molecule has 1 atom stereocenters.